The average molecular weight is 241 g/mol. The van der Waals surface area contributed by atoms with E-state index in [-0.39, 0.29) is 23.5 Å². The van der Waals surface area contributed by atoms with E-state index in [2.05, 4.69) is 10.3 Å². The molecule has 1 N–H and O–H groups in total. The van der Waals surface area contributed by atoms with Crippen LogP contribution in [0.4, 0.5) is 5.82 Å². The summed E-state index contributed by atoms with van der Waals surface area (Å²) in [6, 6.07) is 3.17. The molecular formula is C11H13ClN2O2. The highest BCUT2D eigenvalue weighted by Crippen LogP contribution is 2.08. The van der Waals surface area contributed by atoms with E-state index in [1.807, 2.05) is 0 Å². The van der Waals surface area contributed by atoms with Gasteiger partial charge in [0.15, 0.2) is 5.78 Å². The van der Waals surface area contributed by atoms with Gasteiger partial charge in [0.25, 0.3) is 0 Å². The summed E-state index contributed by atoms with van der Waals surface area (Å²) in [5.41, 5.74) is 0.442. The molecule has 0 fully saturated rings. The minimum Gasteiger partial charge on any atom is -0.310 e. The molecule has 1 amide bonds. The highest BCUT2D eigenvalue weighted by Gasteiger charge is 2.09. The minimum atomic E-state index is -0.184. The topological polar surface area (TPSA) is 59.1 Å². The van der Waals surface area contributed by atoms with Crippen molar-refractivity contribution in [2.75, 3.05) is 11.2 Å². The van der Waals surface area contributed by atoms with Gasteiger partial charge in [-0.25, -0.2) is 4.98 Å². The number of Topliss-reactive ketones (excluding diaryl/α,β-unsaturated/α-hetero) is 1. The normalized spacial score (nSPS) is 10.2. The second-order valence-electron chi connectivity index (χ2n) is 3.63. The Kier molecular flexibility index (Phi) is 4.43. The first-order valence-electron chi connectivity index (χ1n) is 4.90. The van der Waals surface area contributed by atoms with Gasteiger partial charge in [-0.3, -0.25) is 9.59 Å². The van der Waals surface area contributed by atoms with Crippen LogP contribution < -0.4 is 5.32 Å². The molecule has 1 heterocycles. The summed E-state index contributed by atoms with van der Waals surface area (Å²) in [6.07, 6.45) is 1.40. The summed E-state index contributed by atoms with van der Waals surface area (Å²) >= 11 is 5.41. The van der Waals surface area contributed by atoms with Gasteiger partial charge in [-0.1, -0.05) is 13.8 Å². The number of nitrogens with zero attached hydrogens (tertiary/aromatic N) is 1. The zero-order chi connectivity index (χ0) is 12.1. The first-order chi connectivity index (χ1) is 7.54. The lowest BCUT2D eigenvalue weighted by Gasteiger charge is -2.06. The zero-order valence-corrected chi connectivity index (χ0v) is 9.91. The summed E-state index contributed by atoms with van der Waals surface area (Å²) in [4.78, 5) is 26.5. The van der Waals surface area contributed by atoms with E-state index in [4.69, 9.17) is 11.6 Å². The molecule has 86 valence electrons. The molecule has 1 rings (SSSR count). The molecule has 16 heavy (non-hydrogen) atoms. The monoisotopic (exact) mass is 240 g/mol. The quantitative estimate of drug-likeness (QED) is 0.648. The van der Waals surface area contributed by atoms with E-state index < -0.39 is 0 Å². The smallest absolute Gasteiger partial charge is 0.228 e. The maximum Gasteiger partial charge on any atom is 0.228 e. The van der Waals surface area contributed by atoms with Crippen LogP contribution in [0.15, 0.2) is 18.3 Å². The predicted octanol–water partition coefficient (Wildman–Crippen LogP) is 2.10. The van der Waals surface area contributed by atoms with Crippen molar-refractivity contribution < 1.29 is 9.59 Å². The summed E-state index contributed by atoms with van der Waals surface area (Å²) in [7, 11) is 0. The van der Waals surface area contributed by atoms with Crippen molar-refractivity contribution >= 4 is 29.1 Å². The number of rotatable bonds is 4. The van der Waals surface area contributed by atoms with Gasteiger partial charge in [0, 0.05) is 17.7 Å². The molecule has 0 atom stereocenters. The number of halogens is 1. The first kappa shape index (κ1) is 12.6. The van der Waals surface area contributed by atoms with Crippen molar-refractivity contribution in [3.63, 3.8) is 0 Å². The number of pyridine rings is 1. The van der Waals surface area contributed by atoms with Crippen LogP contribution in [0.1, 0.15) is 24.2 Å². The summed E-state index contributed by atoms with van der Waals surface area (Å²) in [5.74, 6) is -0.0325. The third-order valence-corrected chi connectivity index (χ3v) is 2.23. The Morgan fingerprint density at radius 3 is 2.56 bits per heavy atom. The molecule has 1 aromatic rings. The third kappa shape index (κ3) is 3.31. The number of alkyl halides is 1. The second-order valence-corrected chi connectivity index (χ2v) is 3.90. The number of aromatic nitrogens is 1. The molecule has 0 saturated heterocycles. The van der Waals surface area contributed by atoms with Gasteiger partial charge >= 0.3 is 0 Å². The molecule has 1 aromatic heterocycles. The molecule has 0 aliphatic carbocycles. The highest BCUT2D eigenvalue weighted by molar-refractivity contribution is 6.30. The largest absolute Gasteiger partial charge is 0.310 e. The lowest BCUT2D eigenvalue weighted by molar-refractivity contribution is -0.118. The van der Waals surface area contributed by atoms with Crippen LogP contribution in [0.5, 0.6) is 0 Å². The van der Waals surface area contributed by atoms with Gasteiger partial charge in [-0.15, -0.1) is 11.6 Å². The maximum atomic E-state index is 11.3. The van der Waals surface area contributed by atoms with Crippen molar-refractivity contribution in [3.05, 3.63) is 23.9 Å². The van der Waals surface area contributed by atoms with Gasteiger partial charge in [-0.05, 0) is 12.1 Å². The van der Waals surface area contributed by atoms with Crippen LogP contribution in [-0.4, -0.2) is 22.6 Å². The van der Waals surface area contributed by atoms with E-state index in [1.165, 1.54) is 6.20 Å². The number of hydrogen-bond acceptors (Lipinski definition) is 3. The van der Waals surface area contributed by atoms with Crippen LogP contribution in [0.3, 0.4) is 0 Å². The number of anilines is 1. The molecule has 0 radical (unpaired) electrons. The Hall–Kier alpha value is -1.42. The van der Waals surface area contributed by atoms with Crippen molar-refractivity contribution in [2.45, 2.75) is 13.8 Å². The Bertz CT molecular complexity index is 387. The fourth-order valence-corrected chi connectivity index (χ4v) is 1.13. The van der Waals surface area contributed by atoms with Gasteiger partial charge in [0.05, 0.1) is 5.88 Å². The molecule has 4 nitrogen and oxygen atoms in total. The first-order valence-corrected chi connectivity index (χ1v) is 5.44. The van der Waals surface area contributed by atoms with Gasteiger partial charge in [0.2, 0.25) is 5.91 Å². The molecule has 0 aliphatic heterocycles. The lowest BCUT2D eigenvalue weighted by Crippen LogP contribution is -2.18. The Morgan fingerprint density at radius 1 is 1.44 bits per heavy atom. The van der Waals surface area contributed by atoms with E-state index >= 15 is 0 Å². The number of ketones is 1. The fourth-order valence-electron chi connectivity index (χ4n) is 0.980. The van der Waals surface area contributed by atoms with Crippen molar-refractivity contribution in [1.82, 2.24) is 4.98 Å². The number of hydrogen-bond donors (Lipinski definition) is 1. The summed E-state index contributed by atoms with van der Waals surface area (Å²) in [5, 5.41) is 2.63. The average Bonchev–Trinajstić information content (AvgIpc) is 2.28. The van der Waals surface area contributed by atoms with E-state index in [0.29, 0.717) is 11.4 Å². The third-order valence-electron chi connectivity index (χ3n) is 1.98. The van der Waals surface area contributed by atoms with Gasteiger partial charge < -0.3 is 5.32 Å². The molecule has 5 heteroatoms. The van der Waals surface area contributed by atoms with E-state index in [0.717, 1.165) is 0 Å². The van der Waals surface area contributed by atoms with Gasteiger partial charge in [-0.2, -0.15) is 0 Å². The van der Waals surface area contributed by atoms with Crippen LogP contribution in [0.25, 0.3) is 0 Å². The molecule has 0 spiro atoms. The maximum absolute atomic E-state index is 11.3. The van der Waals surface area contributed by atoms with Gasteiger partial charge in [0.1, 0.15) is 5.82 Å². The molecule has 0 bridgehead atoms. The highest BCUT2D eigenvalue weighted by atomic mass is 35.5. The van der Waals surface area contributed by atoms with E-state index in [9.17, 15) is 9.59 Å². The van der Waals surface area contributed by atoms with Crippen LogP contribution >= 0.6 is 11.6 Å². The lowest BCUT2D eigenvalue weighted by atomic mass is 10.2. The fraction of sp³-hybridized carbons (Fsp3) is 0.364. The van der Waals surface area contributed by atoms with E-state index in [1.54, 1.807) is 26.0 Å². The second kappa shape index (κ2) is 5.61. The predicted molar refractivity (Wildman–Crippen MR) is 62.8 cm³/mol. The van der Waals surface area contributed by atoms with Crippen molar-refractivity contribution in [1.29, 1.82) is 0 Å². The SMILES string of the molecule is CC(C)C(=O)Nc1ccc(C(=O)CCl)cn1. The summed E-state index contributed by atoms with van der Waals surface area (Å²) in [6.45, 7) is 3.58. The van der Waals surface area contributed by atoms with Crippen LogP contribution in [0, 0.1) is 5.92 Å². The standard InChI is InChI=1S/C11H13ClN2O2/c1-7(2)11(16)14-10-4-3-8(6-13-10)9(15)5-12/h3-4,6-7H,5H2,1-2H3,(H,13,14,16). The number of nitrogens with one attached hydrogen (secondary N) is 1. The van der Waals surface area contributed by atoms with Crippen LogP contribution in [0.2, 0.25) is 0 Å². The zero-order valence-electron chi connectivity index (χ0n) is 9.16. The number of amides is 1. The number of carbonyl (C=O) groups is 2. The van der Waals surface area contributed by atoms with Crippen LogP contribution in [-0.2, 0) is 4.79 Å². The number of carbonyl (C=O) groups excluding carboxylic acids is 2. The molecule has 0 unspecified atom stereocenters. The molecule has 0 aliphatic rings. The Labute approximate surface area is 99.0 Å². The summed E-state index contributed by atoms with van der Waals surface area (Å²) < 4.78 is 0. The Balaban J connectivity index is 2.72. The minimum absolute atomic E-state index is 0.0701. The Morgan fingerprint density at radius 2 is 2.12 bits per heavy atom. The van der Waals surface area contributed by atoms with Crippen molar-refractivity contribution in [3.8, 4) is 0 Å². The molecule has 0 aromatic carbocycles. The van der Waals surface area contributed by atoms with Crippen molar-refractivity contribution in [2.24, 2.45) is 5.92 Å². The molecule has 0 saturated carbocycles. The molecular weight excluding hydrogens is 228 g/mol.